The third-order valence-electron chi connectivity index (χ3n) is 2.30. The average Bonchev–Trinajstić information content (AvgIpc) is 2.29. The molecule has 0 aromatic heterocycles. The predicted octanol–water partition coefficient (Wildman–Crippen LogP) is 1.65. The number of carbonyl (C=O) groups excluding carboxylic acids is 1. The fourth-order valence-electron chi connectivity index (χ4n) is 1.56. The van der Waals surface area contributed by atoms with Crippen LogP contribution in [-0.2, 0) is 9.53 Å². The molecule has 1 rings (SSSR count). The molecular weight excluding hydrogens is 230 g/mol. The van der Waals surface area contributed by atoms with Crippen molar-refractivity contribution in [3.63, 3.8) is 0 Å². The van der Waals surface area contributed by atoms with E-state index in [1.807, 2.05) is 51.1 Å². The molecule has 1 aromatic carbocycles. The average molecular weight is 251 g/mol. The Hall–Kier alpha value is -1.39. The molecule has 18 heavy (non-hydrogen) atoms. The molecule has 0 saturated carbocycles. The minimum absolute atomic E-state index is 0.0627. The van der Waals surface area contributed by atoms with Crippen LogP contribution in [0.1, 0.15) is 32.4 Å². The van der Waals surface area contributed by atoms with Crippen molar-refractivity contribution in [1.82, 2.24) is 5.32 Å². The van der Waals surface area contributed by atoms with Gasteiger partial charge in [-0.2, -0.15) is 0 Å². The summed E-state index contributed by atoms with van der Waals surface area (Å²) in [5, 5.41) is 12.3. The van der Waals surface area contributed by atoms with E-state index in [1.165, 1.54) is 0 Å². The molecule has 0 saturated heterocycles. The summed E-state index contributed by atoms with van der Waals surface area (Å²) in [5.74, 6) is -0.322. The molecule has 2 N–H and O–H groups in total. The third-order valence-corrected chi connectivity index (χ3v) is 2.30. The number of carbonyl (C=O) groups is 1. The monoisotopic (exact) mass is 251 g/mol. The summed E-state index contributed by atoms with van der Waals surface area (Å²) in [6.07, 6.45) is 0. The van der Waals surface area contributed by atoms with Crippen LogP contribution in [0.3, 0.4) is 0 Å². The Balaban J connectivity index is 2.48. The molecule has 0 fully saturated rings. The van der Waals surface area contributed by atoms with Crippen LogP contribution >= 0.6 is 0 Å². The molecule has 0 bridgehead atoms. The van der Waals surface area contributed by atoms with Gasteiger partial charge in [-0.15, -0.1) is 0 Å². The molecule has 0 heterocycles. The van der Waals surface area contributed by atoms with Gasteiger partial charge in [0.25, 0.3) is 0 Å². The molecule has 0 spiro atoms. The summed E-state index contributed by atoms with van der Waals surface area (Å²) >= 11 is 0. The van der Waals surface area contributed by atoms with Crippen LogP contribution in [0.15, 0.2) is 30.3 Å². The fraction of sp³-hybridized carbons (Fsp3) is 0.500. The number of esters is 1. The van der Waals surface area contributed by atoms with Gasteiger partial charge >= 0.3 is 5.97 Å². The Bertz CT molecular complexity index is 370. The largest absolute Gasteiger partial charge is 0.459 e. The molecule has 4 nitrogen and oxygen atoms in total. The maximum Gasteiger partial charge on any atom is 0.320 e. The second kappa shape index (κ2) is 6.52. The Morgan fingerprint density at radius 1 is 1.33 bits per heavy atom. The van der Waals surface area contributed by atoms with Gasteiger partial charge in [-0.1, -0.05) is 30.3 Å². The van der Waals surface area contributed by atoms with Crippen molar-refractivity contribution in [3.05, 3.63) is 35.9 Å². The van der Waals surface area contributed by atoms with E-state index in [-0.39, 0.29) is 25.2 Å². The zero-order valence-electron chi connectivity index (χ0n) is 11.1. The van der Waals surface area contributed by atoms with Gasteiger partial charge in [-0.05, 0) is 26.3 Å². The van der Waals surface area contributed by atoms with Gasteiger partial charge in [0.1, 0.15) is 5.60 Å². The van der Waals surface area contributed by atoms with Gasteiger partial charge in [0.05, 0.1) is 19.2 Å². The van der Waals surface area contributed by atoms with Crippen molar-refractivity contribution < 1.29 is 14.6 Å². The quantitative estimate of drug-likeness (QED) is 0.781. The Morgan fingerprint density at radius 2 is 1.94 bits per heavy atom. The van der Waals surface area contributed by atoms with Crippen molar-refractivity contribution >= 4 is 5.97 Å². The predicted molar refractivity (Wildman–Crippen MR) is 70.1 cm³/mol. The van der Waals surface area contributed by atoms with Crippen molar-refractivity contribution in [2.45, 2.75) is 32.4 Å². The lowest BCUT2D eigenvalue weighted by Gasteiger charge is -2.21. The summed E-state index contributed by atoms with van der Waals surface area (Å²) in [6, 6.07) is 9.26. The van der Waals surface area contributed by atoms with Crippen LogP contribution in [0.5, 0.6) is 0 Å². The summed E-state index contributed by atoms with van der Waals surface area (Å²) in [6.45, 7) is 5.49. The lowest BCUT2D eigenvalue weighted by Crippen LogP contribution is -2.34. The van der Waals surface area contributed by atoms with Crippen molar-refractivity contribution in [1.29, 1.82) is 0 Å². The van der Waals surface area contributed by atoms with E-state index in [4.69, 9.17) is 4.74 Å². The molecule has 0 radical (unpaired) electrons. The smallest absolute Gasteiger partial charge is 0.320 e. The van der Waals surface area contributed by atoms with Crippen LogP contribution < -0.4 is 5.32 Å². The fourth-order valence-corrected chi connectivity index (χ4v) is 1.56. The third kappa shape index (κ3) is 5.29. The summed E-state index contributed by atoms with van der Waals surface area (Å²) in [4.78, 5) is 11.5. The van der Waals surface area contributed by atoms with E-state index in [0.29, 0.717) is 0 Å². The first-order valence-electron chi connectivity index (χ1n) is 6.03. The summed E-state index contributed by atoms with van der Waals surface area (Å²) in [5.41, 5.74) is 0.462. The molecule has 4 heteroatoms. The number of aliphatic hydroxyl groups is 1. The van der Waals surface area contributed by atoms with E-state index in [0.717, 1.165) is 5.56 Å². The first-order chi connectivity index (χ1) is 8.42. The molecule has 1 atom stereocenters. The topological polar surface area (TPSA) is 58.6 Å². The zero-order chi connectivity index (χ0) is 13.6. The van der Waals surface area contributed by atoms with Crippen molar-refractivity contribution in [2.75, 3.05) is 13.2 Å². The molecule has 1 aromatic rings. The van der Waals surface area contributed by atoms with Crippen LogP contribution in [0.2, 0.25) is 0 Å². The van der Waals surface area contributed by atoms with Gasteiger partial charge in [-0.3, -0.25) is 10.1 Å². The van der Waals surface area contributed by atoms with Gasteiger partial charge in [0.15, 0.2) is 0 Å². The number of hydrogen-bond acceptors (Lipinski definition) is 4. The molecule has 0 aliphatic rings. The van der Waals surface area contributed by atoms with Gasteiger partial charge in [0, 0.05) is 0 Å². The number of benzene rings is 1. The number of rotatable bonds is 5. The molecule has 100 valence electrons. The minimum Gasteiger partial charge on any atom is -0.459 e. The molecule has 0 aliphatic carbocycles. The lowest BCUT2D eigenvalue weighted by molar-refractivity contribution is -0.153. The maximum atomic E-state index is 11.5. The van der Waals surface area contributed by atoms with Crippen LogP contribution in [0.4, 0.5) is 0 Å². The van der Waals surface area contributed by atoms with Gasteiger partial charge in [0.2, 0.25) is 0 Å². The molecule has 0 aliphatic heterocycles. The molecule has 0 unspecified atom stereocenters. The zero-order valence-corrected chi connectivity index (χ0v) is 11.1. The SMILES string of the molecule is CC(C)(C)OC(=O)CN[C@@H](CO)c1ccccc1. The molecule has 0 amide bonds. The molecular formula is C14H21NO3. The lowest BCUT2D eigenvalue weighted by atomic mass is 10.1. The van der Waals surface area contributed by atoms with E-state index in [1.54, 1.807) is 0 Å². The second-order valence-corrected chi connectivity index (χ2v) is 5.11. The van der Waals surface area contributed by atoms with Gasteiger partial charge in [-0.25, -0.2) is 0 Å². The van der Waals surface area contributed by atoms with Crippen LogP contribution in [-0.4, -0.2) is 29.8 Å². The first-order valence-corrected chi connectivity index (χ1v) is 6.03. The highest BCUT2D eigenvalue weighted by molar-refractivity contribution is 5.72. The standard InChI is InChI=1S/C14H21NO3/c1-14(2,3)18-13(17)9-15-12(10-16)11-7-5-4-6-8-11/h4-8,12,15-16H,9-10H2,1-3H3/t12-/m0/s1. The van der Waals surface area contributed by atoms with Crippen LogP contribution in [0.25, 0.3) is 0 Å². The Morgan fingerprint density at radius 3 is 2.44 bits per heavy atom. The summed E-state index contributed by atoms with van der Waals surface area (Å²) in [7, 11) is 0. The van der Waals surface area contributed by atoms with E-state index in [2.05, 4.69) is 5.32 Å². The van der Waals surface area contributed by atoms with Crippen LogP contribution in [0, 0.1) is 0 Å². The number of ether oxygens (including phenoxy) is 1. The highest BCUT2D eigenvalue weighted by Crippen LogP contribution is 2.12. The first kappa shape index (κ1) is 14.7. The summed E-state index contributed by atoms with van der Waals surface area (Å²) < 4.78 is 5.19. The number of aliphatic hydroxyl groups excluding tert-OH is 1. The van der Waals surface area contributed by atoms with Crippen molar-refractivity contribution in [3.8, 4) is 0 Å². The Labute approximate surface area is 108 Å². The highest BCUT2D eigenvalue weighted by atomic mass is 16.6. The van der Waals surface area contributed by atoms with Gasteiger partial charge < -0.3 is 9.84 Å². The van der Waals surface area contributed by atoms with Crippen molar-refractivity contribution in [2.24, 2.45) is 0 Å². The highest BCUT2D eigenvalue weighted by Gasteiger charge is 2.17. The maximum absolute atomic E-state index is 11.5. The normalized spacial score (nSPS) is 13.1. The second-order valence-electron chi connectivity index (χ2n) is 5.11. The minimum atomic E-state index is -0.486. The number of hydrogen-bond donors (Lipinski definition) is 2. The van der Waals surface area contributed by atoms with E-state index in [9.17, 15) is 9.90 Å². The van der Waals surface area contributed by atoms with E-state index < -0.39 is 5.60 Å². The Kier molecular flexibility index (Phi) is 5.31. The number of nitrogens with one attached hydrogen (secondary N) is 1. The van der Waals surface area contributed by atoms with E-state index >= 15 is 0 Å².